The summed E-state index contributed by atoms with van der Waals surface area (Å²) in [7, 11) is 0. The first-order valence-electron chi connectivity index (χ1n) is 5.36. The summed E-state index contributed by atoms with van der Waals surface area (Å²) in [5.41, 5.74) is 1.39. The van der Waals surface area contributed by atoms with Crippen molar-refractivity contribution in [1.82, 2.24) is 15.0 Å². The lowest BCUT2D eigenvalue weighted by molar-refractivity contribution is 0.102. The molecule has 17 heavy (non-hydrogen) atoms. The van der Waals surface area contributed by atoms with Crippen molar-refractivity contribution in [2.75, 3.05) is 5.32 Å². The van der Waals surface area contributed by atoms with E-state index in [1.165, 1.54) is 42.8 Å². The van der Waals surface area contributed by atoms with Gasteiger partial charge < -0.3 is 0 Å². The third-order valence-electron chi connectivity index (χ3n) is 2.53. The monoisotopic (exact) mass is 246 g/mol. The molecule has 0 aromatic carbocycles. The lowest BCUT2D eigenvalue weighted by Gasteiger charge is -1.99. The molecule has 6 heteroatoms. The summed E-state index contributed by atoms with van der Waals surface area (Å²) in [5.74, 6) is 0.336. The van der Waals surface area contributed by atoms with Crippen LogP contribution in [0.4, 0.5) is 5.13 Å². The van der Waals surface area contributed by atoms with Crippen LogP contribution in [0.1, 0.15) is 34.9 Å². The normalized spacial score (nSPS) is 14.6. The van der Waals surface area contributed by atoms with Gasteiger partial charge in [-0.2, -0.15) is 0 Å². The van der Waals surface area contributed by atoms with Crippen molar-refractivity contribution >= 4 is 22.4 Å². The highest BCUT2D eigenvalue weighted by molar-refractivity contribution is 7.14. The summed E-state index contributed by atoms with van der Waals surface area (Å²) >= 11 is 1.45. The van der Waals surface area contributed by atoms with Crippen LogP contribution in [0.15, 0.2) is 24.0 Å². The fourth-order valence-corrected chi connectivity index (χ4v) is 2.27. The van der Waals surface area contributed by atoms with Crippen LogP contribution < -0.4 is 5.32 Å². The van der Waals surface area contributed by atoms with E-state index >= 15 is 0 Å². The zero-order chi connectivity index (χ0) is 11.7. The van der Waals surface area contributed by atoms with Crippen molar-refractivity contribution in [3.05, 3.63) is 35.4 Å². The summed E-state index contributed by atoms with van der Waals surface area (Å²) in [6, 6.07) is 0. The third kappa shape index (κ3) is 2.31. The van der Waals surface area contributed by atoms with Crippen molar-refractivity contribution < 1.29 is 4.79 Å². The molecule has 1 saturated carbocycles. The van der Waals surface area contributed by atoms with Crippen molar-refractivity contribution in [2.45, 2.75) is 18.8 Å². The molecule has 2 heterocycles. The van der Waals surface area contributed by atoms with Crippen LogP contribution in [0.2, 0.25) is 0 Å². The minimum atomic E-state index is -0.269. The number of nitrogens with one attached hydrogen (secondary N) is 1. The van der Waals surface area contributed by atoms with Crippen LogP contribution >= 0.6 is 11.3 Å². The van der Waals surface area contributed by atoms with Crippen molar-refractivity contribution in [1.29, 1.82) is 0 Å². The number of thiazole rings is 1. The maximum Gasteiger partial charge on any atom is 0.277 e. The van der Waals surface area contributed by atoms with E-state index in [0.29, 0.717) is 16.7 Å². The SMILES string of the molecule is O=C(Nc1nc(C2CC2)cs1)c1cnccn1. The maximum absolute atomic E-state index is 11.8. The van der Waals surface area contributed by atoms with Gasteiger partial charge in [-0.05, 0) is 12.8 Å². The van der Waals surface area contributed by atoms with E-state index in [0.717, 1.165) is 5.69 Å². The molecule has 2 aromatic rings. The Bertz CT molecular complexity index is 535. The largest absolute Gasteiger partial charge is 0.296 e. The Labute approximate surface area is 102 Å². The molecule has 1 N–H and O–H groups in total. The number of rotatable bonds is 3. The summed E-state index contributed by atoms with van der Waals surface area (Å²) in [6.45, 7) is 0. The van der Waals surface area contributed by atoms with Gasteiger partial charge >= 0.3 is 0 Å². The molecule has 0 aliphatic heterocycles. The zero-order valence-corrected chi connectivity index (χ0v) is 9.78. The fourth-order valence-electron chi connectivity index (χ4n) is 1.49. The predicted molar refractivity (Wildman–Crippen MR) is 64.1 cm³/mol. The number of carbonyl (C=O) groups excluding carboxylic acids is 1. The molecular weight excluding hydrogens is 236 g/mol. The van der Waals surface area contributed by atoms with Gasteiger partial charge in [-0.15, -0.1) is 11.3 Å². The van der Waals surface area contributed by atoms with Gasteiger partial charge in [-0.1, -0.05) is 0 Å². The molecule has 0 radical (unpaired) electrons. The molecule has 3 rings (SSSR count). The topological polar surface area (TPSA) is 67.8 Å². The molecule has 1 amide bonds. The minimum absolute atomic E-state index is 0.269. The molecular formula is C11H10N4OS. The Morgan fingerprint density at radius 1 is 1.41 bits per heavy atom. The highest BCUT2D eigenvalue weighted by atomic mass is 32.1. The summed E-state index contributed by atoms with van der Waals surface area (Å²) in [6.07, 6.45) is 6.88. The summed E-state index contributed by atoms with van der Waals surface area (Å²) in [4.78, 5) is 23.9. The first-order valence-corrected chi connectivity index (χ1v) is 6.23. The second-order valence-corrected chi connectivity index (χ2v) is 4.75. The highest BCUT2D eigenvalue weighted by Gasteiger charge is 2.26. The van der Waals surface area contributed by atoms with Gasteiger partial charge in [-0.25, -0.2) is 9.97 Å². The van der Waals surface area contributed by atoms with E-state index in [4.69, 9.17) is 0 Å². The Morgan fingerprint density at radius 3 is 3.00 bits per heavy atom. The van der Waals surface area contributed by atoms with Gasteiger partial charge in [-0.3, -0.25) is 15.1 Å². The lowest BCUT2D eigenvalue weighted by Crippen LogP contribution is -2.13. The molecule has 86 valence electrons. The van der Waals surface area contributed by atoms with Crippen LogP contribution in [0, 0.1) is 0 Å². The number of nitrogens with zero attached hydrogens (tertiary/aromatic N) is 3. The average Bonchev–Trinajstić information content (AvgIpc) is 3.12. The Balaban J connectivity index is 1.71. The smallest absolute Gasteiger partial charge is 0.277 e. The average molecular weight is 246 g/mol. The molecule has 5 nitrogen and oxygen atoms in total. The van der Waals surface area contributed by atoms with Gasteiger partial charge in [0.15, 0.2) is 5.13 Å². The molecule has 0 atom stereocenters. The molecule has 1 fully saturated rings. The van der Waals surface area contributed by atoms with Crippen LogP contribution in [0.5, 0.6) is 0 Å². The van der Waals surface area contributed by atoms with E-state index in [1.807, 2.05) is 5.38 Å². The van der Waals surface area contributed by atoms with E-state index in [2.05, 4.69) is 20.3 Å². The fraction of sp³-hybridized carbons (Fsp3) is 0.273. The Hall–Kier alpha value is -1.82. The number of carbonyl (C=O) groups is 1. The first kappa shape index (κ1) is 10.3. The number of hydrogen-bond donors (Lipinski definition) is 1. The highest BCUT2D eigenvalue weighted by Crippen LogP contribution is 2.40. The Kier molecular flexibility index (Phi) is 2.56. The van der Waals surface area contributed by atoms with Crippen LogP contribution in [0.25, 0.3) is 0 Å². The maximum atomic E-state index is 11.8. The molecule has 0 spiro atoms. The van der Waals surface area contributed by atoms with Gasteiger partial charge in [0.25, 0.3) is 5.91 Å². The van der Waals surface area contributed by atoms with Gasteiger partial charge in [0.2, 0.25) is 0 Å². The van der Waals surface area contributed by atoms with E-state index < -0.39 is 0 Å². The summed E-state index contributed by atoms with van der Waals surface area (Å²) < 4.78 is 0. The molecule has 2 aromatic heterocycles. The van der Waals surface area contributed by atoms with Gasteiger partial charge in [0.05, 0.1) is 11.9 Å². The molecule has 0 bridgehead atoms. The number of anilines is 1. The van der Waals surface area contributed by atoms with Crippen molar-refractivity contribution in [3.63, 3.8) is 0 Å². The van der Waals surface area contributed by atoms with Gasteiger partial charge in [0, 0.05) is 23.7 Å². The lowest BCUT2D eigenvalue weighted by atomic mass is 10.3. The zero-order valence-electron chi connectivity index (χ0n) is 8.96. The Morgan fingerprint density at radius 2 is 2.29 bits per heavy atom. The van der Waals surface area contributed by atoms with Crippen LogP contribution in [-0.4, -0.2) is 20.9 Å². The summed E-state index contributed by atoms with van der Waals surface area (Å²) in [5, 5.41) is 5.36. The number of aromatic nitrogens is 3. The first-order chi connectivity index (χ1) is 8.33. The standard InChI is InChI=1S/C11H10N4OS/c16-10(8-5-12-3-4-13-8)15-11-14-9(6-17-11)7-1-2-7/h3-7H,1-2H2,(H,14,15,16). The molecule has 1 aliphatic carbocycles. The van der Waals surface area contributed by atoms with Crippen LogP contribution in [-0.2, 0) is 0 Å². The second-order valence-electron chi connectivity index (χ2n) is 3.90. The minimum Gasteiger partial charge on any atom is -0.296 e. The van der Waals surface area contributed by atoms with Crippen molar-refractivity contribution in [3.8, 4) is 0 Å². The molecule has 0 unspecified atom stereocenters. The van der Waals surface area contributed by atoms with E-state index in [9.17, 15) is 4.79 Å². The predicted octanol–water partition coefficient (Wildman–Crippen LogP) is 2.06. The number of amides is 1. The van der Waals surface area contributed by atoms with Crippen molar-refractivity contribution in [2.24, 2.45) is 0 Å². The van der Waals surface area contributed by atoms with Gasteiger partial charge in [0.1, 0.15) is 5.69 Å². The van der Waals surface area contributed by atoms with E-state index in [1.54, 1.807) is 0 Å². The molecule has 0 saturated heterocycles. The number of hydrogen-bond acceptors (Lipinski definition) is 5. The molecule has 1 aliphatic rings. The quantitative estimate of drug-likeness (QED) is 0.900. The van der Waals surface area contributed by atoms with Crippen LogP contribution in [0.3, 0.4) is 0 Å². The third-order valence-corrected chi connectivity index (χ3v) is 3.31. The van der Waals surface area contributed by atoms with E-state index in [-0.39, 0.29) is 5.91 Å². The second kappa shape index (κ2) is 4.21.